The number of hydrogen-bond acceptors (Lipinski definition) is 3. The molecule has 3 rings (SSSR count). The second-order valence-electron chi connectivity index (χ2n) is 6.46. The first-order valence-corrected chi connectivity index (χ1v) is 9.71. The van der Waals surface area contributed by atoms with Crippen molar-refractivity contribution < 1.29 is 0 Å². The van der Waals surface area contributed by atoms with Gasteiger partial charge in [0.25, 0.3) is 0 Å². The Balaban J connectivity index is 1.68. The minimum absolute atomic E-state index is 0.688. The van der Waals surface area contributed by atoms with Crippen molar-refractivity contribution in [1.29, 1.82) is 0 Å². The third kappa shape index (κ3) is 3.95. The van der Waals surface area contributed by atoms with E-state index in [0.717, 1.165) is 5.92 Å². The van der Waals surface area contributed by atoms with Crippen molar-refractivity contribution in [3.8, 4) is 0 Å². The van der Waals surface area contributed by atoms with Crippen molar-refractivity contribution in [3.05, 3.63) is 24.3 Å². The number of rotatable bonds is 3. The molecule has 1 saturated heterocycles. The molecule has 1 saturated carbocycles. The van der Waals surface area contributed by atoms with Gasteiger partial charge in [-0.25, -0.2) is 0 Å². The number of anilines is 1. The summed E-state index contributed by atoms with van der Waals surface area (Å²) in [6, 6.07) is 9.81. The van der Waals surface area contributed by atoms with E-state index in [1.807, 2.05) is 11.8 Å². The maximum atomic E-state index is 3.83. The quantitative estimate of drug-likeness (QED) is 0.844. The summed E-state index contributed by atoms with van der Waals surface area (Å²) in [6.45, 7) is 3.55. The highest BCUT2D eigenvalue weighted by molar-refractivity contribution is 7.98. The van der Waals surface area contributed by atoms with Gasteiger partial charge in [-0.15, -0.1) is 11.8 Å². The maximum Gasteiger partial charge on any atom is 0.0367 e. The van der Waals surface area contributed by atoms with Crippen molar-refractivity contribution in [3.63, 3.8) is 0 Å². The molecule has 116 valence electrons. The van der Waals surface area contributed by atoms with Crippen LogP contribution in [0.5, 0.6) is 0 Å². The van der Waals surface area contributed by atoms with Crippen molar-refractivity contribution >= 4 is 17.4 Å². The summed E-state index contributed by atoms with van der Waals surface area (Å²) in [4.78, 5) is 3.96. The molecular formula is C18H28N2S. The first-order chi connectivity index (χ1) is 10.4. The Morgan fingerprint density at radius 3 is 2.52 bits per heavy atom. The van der Waals surface area contributed by atoms with Crippen LogP contribution in [-0.4, -0.2) is 31.9 Å². The Morgan fingerprint density at radius 2 is 1.81 bits per heavy atom. The average Bonchev–Trinajstić information content (AvgIpc) is 2.82. The molecule has 3 heteroatoms. The summed E-state index contributed by atoms with van der Waals surface area (Å²) in [6.07, 6.45) is 10.6. The molecule has 2 aliphatic rings. The molecule has 1 aliphatic heterocycles. The van der Waals surface area contributed by atoms with Gasteiger partial charge in [0, 0.05) is 29.7 Å². The molecule has 0 radical (unpaired) electrons. The third-order valence-corrected chi connectivity index (χ3v) is 5.83. The van der Waals surface area contributed by atoms with Crippen molar-refractivity contribution in [2.45, 2.75) is 49.5 Å². The summed E-state index contributed by atoms with van der Waals surface area (Å²) in [7, 11) is 0. The summed E-state index contributed by atoms with van der Waals surface area (Å²) in [5, 5.41) is 3.83. The third-order valence-electron chi connectivity index (χ3n) is 5.08. The van der Waals surface area contributed by atoms with Gasteiger partial charge in [0.1, 0.15) is 0 Å². The predicted octanol–water partition coefficient (Wildman–Crippen LogP) is 4.16. The minimum atomic E-state index is 0.688. The van der Waals surface area contributed by atoms with Gasteiger partial charge >= 0.3 is 0 Å². The van der Waals surface area contributed by atoms with Crippen LogP contribution < -0.4 is 10.2 Å². The number of thioether (sulfide) groups is 1. The van der Waals surface area contributed by atoms with Crippen molar-refractivity contribution in [1.82, 2.24) is 5.32 Å². The standard InChI is InChI=1S/C18H28N2S/c1-21-17-10-8-16(9-11-17)20-13-5-12-19-18(14-20)15-6-3-2-4-7-15/h8-11,15,18-19H,2-7,12-14H2,1H3. The van der Waals surface area contributed by atoms with E-state index >= 15 is 0 Å². The molecule has 0 aromatic heterocycles. The van der Waals surface area contributed by atoms with E-state index in [4.69, 9.17) is 0 Å². The first kappa shape index (κ1) is 15.2. The zero-order valence-electron chi connectivity index (χ0n) is 13.2. The van der Waals surface area contributed by atoms with Gasteiger partial charge in [-0.2, -0.15) is 0 Å². The van der Waals surface area contributed by atoms with Gasteiger partial charge in [0.05, 0.1) is 0 Å². The molecule has 1 aliphatic carbocycles. The van der Waals surface area contributed by atoms with Gasteiger partial charge in [-0.1, -0.05) is 19.3 Å². The molecule has 2 fully saturated rings. The van der Waals surface area contributed by atoms with Gasteiger partial charge in [0.2, 0.25) is 0 Å². The molecule has 1 N–H and O–H groups in total. The smallest absolute Gasteiger partial charge is 0.0367 e. The maximum absolute atomic E-state index is 3.83. The second kappa shape index (κ2) is 7.55. The summed E-state index contributed by atoms with van der Waals surface area (Å²) >= 11 is 1.82. The lowest BCUT2D eigenvalue weighted by atomic mass is 9.83. The average molecular weight is 305 g/mol. The van der Waals surface area contributed by atoms with E-state index in [0.29, 0.717) is 6.04 Å². The van der Waals surface area contributed by atoms with Crippen molar-refractivity contribution in [2.24, 2.45) is 5.92 Å². The molecule has 0 spiro atoms. The van der Waals surface area contributed by atoms with Crippen molar-refractivity contribution in [2.75, 3.05) is 30.8 Å². The molecule has 21 heavy (non-hydrogen) atoms. The first-order valence-electron chi connectivity index (χ1n) is 8.49. The monoisotopic (exact) mass is 304 g/mol. The van der Waals surface area contributed by atoms with Crippen LogP contribution in [0.2, 0.25) is 0 Å². The fourth-order valence-corrected chi connectivity index (χ4v) is 4.24. The van der Waals surface area contributed by atoms with Crippen LogP contribution in [0, 0.1) is 5.92 Å². The van der Waals surface area contributed by atoms with Gasteiger partial charge in [0.15, 0.2) is 0 Å². The lowest BCUT2D eigenvalue weighted by molar-refractivity contribution is 0.277. The molecule has 0 amide bonds. The normalized spacial score (nSPS) is 24.8. The molecule has 1 atom stereocenters. The van der Waals surface area contributed by atoms with Crippen LogP contribution in [0.25, 0.3) is 0 Å². The van der Waals surface area contributed by atoms with E-state index in [2.05, 4.69) is 40.7 Å². The molecule has 1 aromatic carbocycles. The Bertz CT molecular complexity index is 425. The molecule has 2 nitrogen and oxygen atoms in total. The van der Waals surface area contributed by atoms with Gasteiger partial charge < -0.3 is 10.2 Å². The predicted molar refractivity (Wildman–Crippen MR) is 93.4 cm³/mol. The van der Waals surface area contributed by atoms with Crippen LogP contribution in [0.3, 0.4) is 0 Å². The van der Waals surface area contributed by atoms with Gasteiger partial charge in [-0.3, -0.25) is 0 Å². The van der Waals surface area contributed by atoms with E-state index < -0.39 is 0 Å². The summed E-state index contributed by atoms with van der Waals surface area (Å²) in [5.74, 6) is 0.893. The van der Waals surface area contributed by atoms with E-state index in [9.17, 15) is 0 Å². The fourth-order valence-electron chi connectivity index (χ4n) is 3.83. The molecular weight excluding hydrogens is 276 g/mol. The molecule has 1 heterocycles. The molecule has 1 aromatic rings. The molecule has 0 bridgehead atoms. The number of hydrogen-bond donors (Lipinski definition) is 1. The Hall–Kier alpha value is -0.670. The summed E-state index contributed by atoms with van der Waals surface area (Å²) in [5.41, 5.74) is 1.40. The Kier molecular flexibility index (Phi) is 5.48. The zero-order chi connectivity index (χ0) is 14.5. The lowest BCUT2D eigenvalue weighted by Gasteiger charge is -2.33. The van der Waals surface area contributed by atoms with Crippen LogP contribution in [0.4, 0.5) is 5.69 Å². The minimum Gasteiger partial charge on any atom is -0.370 e. The fraction of sp³-hybridized carbons (Fsp3) is 0.667. The number of nitrogens with one attached hydrogen (secondary N) is 1. The molecule has 1 unspecified atom stereocenters. The van der Waals surface area contributed by atoms with Gasteiger partial charge in [-0.05, 0) is 62.2 Å². The van der Waals surface area contributed by atoms with Crippen LogP contribution in [0.15, 0.2) is 29.2 Å². The second-order valence-corrected chi connectivity index (χ2v) is 7.34. The van der Waals surface area contributed by atoms with E-state index in [1.165, 1.54) is 68.7 Å². The zero-order valence-corrected chi connectivity index (χ0v) is 14.0. The highest BCUT2D eigenvalue weighted by atomic mass is 32.2. The lowest BCUT2D eigenvalue weighted by Crippen LogP contribution is -2.43. The topological polar surface area (TPSA) is 15.3 Å². The number of benzene rings is 1. The van der Waals surface area contributed by atoms with Crippen LogP contribution in [-0.2, 0) is 0 Å². The SMILES string of the molecule is CSc1ccc(N2CCCNC(C3CCCCC3)C2)cc1. The van der Waals surface area contributed by atoms with E-state index in [-0.39, 0.29) is 0 Å². The van der Waals surface area contributed by atoms with E-state index in [1.54, 1.807) is 0 Å². The Labute approximate surface area is 133 Å². The largest absolute Gasteiger partial charge is 0.370 e. The Morgan fingerprint density at radius 1 is 1.05 bits per heavy atom. The van der Waals surface area contributed by atoms with Crippen LogP contribution in [0.1, 0.15) is 38.5 Å². The highest BCUT2D eigenvalue weighted by Crippen LogP contribution is 2.29. The summed E-state index contributed by atoms with van der Waals surface area (Å²) < 4.78 is 0. The van der Waals surface area contributed by atoms with Crippen LogP contribution >= 0.6 is 11.8 Å². The highest BCUT2D eigenvalue weighted by Gasteiger charge is 2.26. The number of nitrogens with zero attached hydrogens (tertiary/aromatic N) is 1.